The topological polar surface area (TPSA) is 46.6 Å². The number of nitrogens with zero attached hydrogens (tertiary/aromatic N) is 1. The first-order valence-electron chi connectivity index (χ1n) is 11.5. The maximum Gasteiger partial charge on any atom is 0.152 e. The van der Waals surface area contributed by atoms with Crippen LogP contribution in [0.1, 0.15) is 65.4 Å². The van der Waals surface area contributed by atoms with Crippen molar-refractivity contribution in [2.24, 2.45) is 11.8 Å². The second-order valence-electron chi connectivity index (χ2n) is 9.74. The van der Waals surface area contributed by atoms with Crippen molar-refractivity contribution >= 4 is 15.5 Å². The second-order valence-corrected chi connectivity index (χ2v) is 12.3. The Morgan fingerprint density at radius 3 is 2.27 bits per heavy atom. The highest BCUT2D eigenvalue weighted by Gasteiger charge is 2.28. The van der Waals surface area contributed by atoms with E-state index in [-0.39, 0.29) is 23.3 Å². The molecule has 1 saturated carbocycles. The Hall–Kier alpha value is -1.14. The molecule has 2 aliphatic rings. The minimum atomic E-state index is -2.95. The molecule has 0 N–H and O–H groups in total. The van der Waals surface area contributed by atoms with Gasteiger partial charge in [-0.1, -0.05) is 18.9 Å². The Kier molecular flexibility index (Phi) is 7.83. The van der Waals surface area contributed by atoms with E-state index in [9.17, 15) is 12.8 Å². The van der Waals surface area contributed by atoms with Crippen LogP contribution in [0.2, 0.25) is 0 Å². The fraction of sp³-hybridized carbons (Fsp3) is 0.750. The second kappa shape index (κ2) is 9.99. The summed E-state index contributed by atoms with van der Waals surface area (Å²) in [7, 11) is -2.95. The Morgan fingerprint density at radius 2 is 1.67 bits per heavy atom. The number of morpholine rings is 1. The van der Waals surface area contributed by atoms with Crippen LogP contribution in [0.15, 0.2) is 18.2 Å². The molecule has 4 nitrogen and oxygen atoms in total. The van der Waals surface area contributed by atoms with E-state index in [1.165, 1.54) is 5.56 Å². The number of halogens is 1. The highest BCUT2D eigenvalue weighted by Crippen LogP contribution is 2.34. The maximum absolute atomic E-state index is 14.0. The highest BCUT2D eigenvalue weighted by atomic mass is 32.2. The van der Waals surface area contributed by atoms with E-state index in [1.807, 2.05) is 6.07 Å². The molecule has 2 fully saturated rings. The zero-order valence-corrected chi connectivity index (χ0v) is 19.8. The van der Waals surface area contributed by atoms with E-state index >= 15 is 0 Å². The molecule has 0 radical (unpaired) electrons. The van der Waals surface area contributed by atoms with Gasteiger partial charge in [0.2, 0.25) is 0 Å². The van der Waals surface area contributed by atoms with Gasteiger partial charge in [0.15, 0.2) is 9.84 Å². The normalized spacial score (nSPS) is 28.1. The van der Waals surface area contributed by atoms with Gasteiger partial charge in [-0.2, -0.15) is 0 Å². The molecule has 1 aromatic carbocycles. The summed E-state index contributed by atoms with van der Waals surface area (Å²) < 4.78 is 44.3. The monoisotopic (exact) mass is 439 g/mol. The first-order chi connectivity index (χ1) is 14.1. The molecule has 1 aliphatic carbocycles. The van der Waals surface area contributed by atoms with E-state index in [1.54, 1.807) is 26.0 Å². The summed E-state index contributed by atoms with van der Waals surface area (Å²) in [6, 6.07) is 5.18. The van der Waals surface area contributed by atoms with Crippen molar-refractivity contribution < 1.29 is 17.5 Å². The summed E-state index contributed by atoms with van der Waals surface area (Å²) in [5.41, 5.74) is 2.22. The zero-order valence-electron chi connectivity index (χ0n) is 18.9. The summed E-state index contributed by atoms with van der Waals surface area (Å²) in [4.78, 5) is 2.27. The van der Waals surface area contributed by atoms with E-state index in [2.05, 4.69) is 18.7 Å². The summed E-state index contributed by atoms with van der Waals surface area (Å²) >= 11 is 0. The molecule has 170 valence electrons. The molecule has 6 heteroatoms. The third kappa shape index (κ3) is 6.19. The number of ether oxygens (including phenoxy) is 1. The molecule has 1 heterocycles. The quantitative estimate of drug-likeness (QED) is 0.600. The minimum absolute atomic E-state index is 0.141. The molecule has 2 atom stereocenters. The number of aryl methyl sites for hydroxylation is 1. The Labute approximate surface area is 182 Å². The van der Waals surface area contributed by atoms with Gasteiger partial charge >= 0.3 is 0 Å². The van der Waals surface area contributed by atoms with Crippen LogP contribution in [-0.4, -0.2) is 44.7 Å². The van der Waals surface area contributed by atoms with Gasteiger partial charge in [0, 0.05) is 18.8 Å². The Balaban J connectivity index is 1.57. The first kappa shape index (κ1) is 23.5. The number of anilines is 1. The average molecular weight is 440 g/mol. The zero-order chi connectivity index (χ0) is 21.9. The molecule has 0 bridgehead atoms. The van der Waals surface area contributed by atoms with Crippen molar-refractivity contribution in [3.8, 4) is 0 Å². The van der Waals surface area contributed by atoms with Gasteiger partial charge < -0.3 is 9.64 Å². The SMILES string of the molecule is CC(C)S(=O)(=O)CC1CCC(CCc2ccc(F)cc2N2C[C@@H](C)O[C@@H](C)C2)CC1. The lowest BCUT2D eigenvalue weighted by Gasteiger charge is -2.38. The van der Waals surface area contributed by atoms with E-state index in [4.69, 9.17) is 4.74 Å². The van der Waals surface area contributed by atoms with Crippen LogP contribution in [0, 0.1) is 17.7 Å². The Bertz CT molecular complexity index is 793. The Morgan fingerprint density at radius 1 is 1.07 bits per heavy atom. The van der Waals surface area contributed by atoms with Gasteiger partial charge in [-0.25, -0.2) is 12.8 Å². The van der Waals surface area contributed by atoms with Crippen LogP contribution < -0.4 is 4.90 Å². The van der Waals surface area contributed by atoms with Crippen molar-refractivity contribution in [2.75, 3.05) is 23.7 Å². The summed E-state index contributed by atoms with van der Waals surface area (Å²) in [6.07, 6.45) is 6.51. The number of rotatable bonds is 7. The number of sulfone groups is 1. The summed E-state index contributed by atoms with van der Waals surface area (Å²) in [6.45, 7) is 9.26. The van der Waals surface area contributed by atoms with Crippen molar-refractivity contribution in [2.45, 2.75) is 83.7 Å². The van der Waals surface area contributed by atoms with Gasteiger partial charge in [-0.15, -0.1) is 0 Å². The molecule has 1 saturated heterocycles. The van der Waals surface area contributed by atoms with Crippen molar-refractivity contribution in [3.05, 3.63) is 29.6 Å². The van der Waals surface area contributed by atoms with Crippen molar-refractivity contribution in [1.29, 1.82) is 0 Å². The molecule has 0 aromatic heterocycles. The predicted molar refractivity (Wildman–Crippen MR) is 121 cm³/mol. The van der Waals surface area contributed by atoms with Crippen molar-refractivity contribution in [3.63, 3.8) is 0 Å². The lowest BCUT2D eigenvalue weighted by molar-refractivity contribution is -0.00528. The van der Waals surface area contributed by atoms with Gasteiger partial charge in [0.1, 0.15) is 5.82 Å². The van der Waals surface area contributed by atoms with E-state index in [0.29, 0.717) is 17.6 Å². The van der Waals surface area contributed by atoms with Gasteiger partial charge in [-0.3, -0.25) is 0 Å². The molecule has 0 amide bonds. The molecule has 30 heavy (non-hydrogen) atoms. The number of hydrogen-bond acceptors (Lipinski definition) is 4. The fourth-order valence-electron chi connectivity index (χ4n) is 4.98. The van der Waals surface area contributed by atoms with E-state index in [0.717, 1.165) is 57.3 Å². The molecular weight excluding hydrogens is 401 g/mol. The molecular formula is C24H38FNO3S. The molecule has 1 aromatic rings. The molecule has 1 aliphatic heterocycles. The van der Waals surface area contributed by atoms with Crippen molar-refractivity contribution in [1.82, 2.24) is 0 Å². The first-order valence-corrected chi connectivity index (χ1v) is 13.3. The fourth-order valence-corrected chi connectivity index (χ4v) is 6.36. The molecule has 3 rings (SSSR count). The lowest BCUT2D eigenvalue weighted by Crippen LogP contribution is -2.45. The summed E-state index contributed by atoms with van der Waals surface area (Å²) in [5, 5.41) is -0.280. The minimum Gasteiger partial charge on any atom is -0.372 e. The third-order valence-corrected chi connectivity index (χ3v) is 9.15. The molecule has 0 unspecified atom stereocenters. The number of hydrogen-bond donors (Lipinski definition) is 0. The van der Waals surface area contributed by atoms with Crippen LogP contribution in [0.4, 0.5) is 10.1 Å². The smallest absolute Gasteiger partial charge is 0.152 e. The summed E-state index contributed by atoms with van der Waals surface area (Å²) in [5.74, 6) is 1.09. The van der Waals surface area contributed by atoms with Crippen LogP contribution in [0.5, 0.6) is 0 Å². The standard InChI is InChI=1S/C24H38FNO3S/c1-17(2)30(27,28)16-21-7-5-20(6-8-21)9-10-22-11-12-23(25)13-24(22)26-14-18(3)29-19(4)15-26/h11-13,17-21H,5-10,14-16H2,1-4H3/t18-,19+,20?,21?. The third-order valence-electron chi connectivity index (χ3n) is 6.78. The van der Waals surface area contributed by atoms with E-state index < -0.39 is 9.84 Å². The van der Waals surface area contributed by atoms with Gasteiger partial charge in [0.25, 0.3) is 0 Å². The lowest BCUT2D eigenvalue weighted by atomic mass is 9.80. The van der Waals surface area contributed by atoms with Crippen LogP contribution in [0.25, 0.3) is 0 Å². The van der Waals surface area contributed by atoms with Crippen LogP contribution in [0.3, 0.4) is 0 Å². The predicted octanol–water partition coefficient (Wildman–Crippen LogP) is 5.00. The highest BCUT2D eigenvalue weighted by molar-refractivity contribution is 7.91. The number of benzene rings is 1. The maximum atomic E-state index is 14.0. The largest absolute Gasteiger partial charge is 0.372 e. The van der Waals surface area contributed by atoms with Gasteiger partial charge in [-0.05, 0) is 82.9 Å². The van der Waals surface area contributed by atoms with Crippen LogP contribution in [-0.2, 0) is 21.0 Å². The van der Waals surface area contributed by atoms with Gasteiger partial charge in [0.05, 0.1) is 23.2 Å². The molecule has 0 spiro atoms. The average Bonchev–Trinajstić information content (AvgIpc) is 2.67. The van der Waals surface area contributed by atoms with Crippen LogP contribution >= 0.6 is 0 Å².